The normalized spacial score (nSPS) is 22.0. The van der Waals surface area contributed by atoms with E-state index in [4.69, 9.17) is 16.7 Å². The molecule has 5 nitrogen and oxygen atoms in total. The van der Waals surface area contributed by atoms with E-state index in [9.17, 15) is 0 Å². The zero-order valence-electron chi connectivity index (χ0n) is 12.9. The van der Waals surface area contributed by atoms with Crippen LogP contribution in [0.4, 0.5) is 5.69 Å². The van der Waals surface area contributed by atoms with Gasteiger partial charge in [-0.2, -0.15) is 0 Å². The van der Waals surface area contributed by atoms with Crippen molar-refractivity contribution in [2.24, 2.45) is 15.9 Å². The first kappa shape index (κ1) is 17.4. The molecule has 7 heteroatoms. The van der Waals surface area contributed by atoms with Gasteiger partial charge in [0, 0.05) is 35.9 Å². The zero-order chi connectivity index (χ0) is 16.9. The third-order valence-corrected chi connectivity index (χ3v) is 5.10. The van der Waals surface area contributed by atoms with Crippen LogP contribution in [-0.4, -0.2) is 42.9 Å². The number of amidine groups is 1. The highest BCUT2D eigenvalue weighted by Crippen LogP contribution is 2.31. The van der Waals surface area contributed by atoms with Gasteiger partial charge in [0.2, 0.25) is 0 Å². The molecule has 0 saturated carbocycles. The number of dihydropyridines is 1. The lowest BCUT2D eigenvalue weighted by molar-refractivity contribution is 0.294. The summed E-state index contributed by atoms with van der Waals surface area (Å²) in [6.45, 7) is 1.40. The van der Waals surface area contributed by atoms with Crippen LogP contribution < -0.4 is 10.6 Å². The fourth-order valence-corrected chi connectivity index (χ4v) is 3.17. The highest BCUT2D eigenvalue weighted by atomic mass is 79.9. The van der Waals surface area contributed by atoms with Crippen LogP contribution in [0.5, 0.6) is 0 Å². The van der Waals surface area contributed by atoms with E-state index in [2.05, 4.69) is 42.6 Å². The SMILES string of the molecule is OCCNCC1=CC2C=CN=C(Nc3cccc(Br)c3Cl)C2N=C1. The van der Waals surface area contributed by atoms with Crippen molar-refractivity contribution in [1.82, 2.24) is 5.32 Å². The van der Waals surface area contributed by atoms with Crippen LogP contribution in [0.25, 0.3) is 0 Å². The van der Waals surface area contributed by atoms with Crippen molar-refractivity contribution in [2.45, 2.75) is 6.04 Å². The summed E-state index contributed by atoms with van der Waals surface area (Å²) >= 11 is 9.75. The summed E-state index contributed by atoms with van der Waals surface area (Å²) in [7, 11) is 0. The number of hydrogen-bond acceptors (Lipinski definition) is 5. The Balaban J connectivity index is 1.72. The lowest BCUT2D eigenvalue weighted by atomic mass is 9.92. The van der Waals surface area contributed by atoms with Crippen molar-refractivity contribution < 1.29 is 5.11 Å². The minimum absolute atomic E-state index is 0.0772. The van der Waals surface area contributed by atoms with Crippen LogP contribution >= 0.6 is 27.5 Å². The van der Waals surface area contributed by atoms with E-state index in [1.165, 1.54) is 0 Å². The molecule has 24 heavy (non-hydrogen) atoms. The Morgan fingerprint density at radius 3 is 3.04 bits per heavy atom. The summed E-state index contributed by atoms with van der Waals surface area (Å²) in [5.74, 6) is 0.934. The van der Waals surface area contributed by atoms with Crippen LogP contribution in [0.2, 0.25) is 5.02 Å². The second-order valence-corrected chi connectivity index (χ2v) is 6.76. The highest BCUT2D eigenvalue weighted by Gasteiger charge is 2.27. The van der Waals surface area contributed by atoms with E-state index in [-0.39, 0.29) is 18.6 Å². The van der Waals surface area contributed by atoms with Crippen LogP contribution in [0.15, 0.2) is 56.6 Å². The van der Waals surface area contributed by atoms with Crippen molar-refractivity contribution in [3.8, 4) is 0 Å². The van der Waals surface area contributed by atoms with Crippen molar-refractivity contribution >= 4 is 45.3 Å². The van der Waals surface area contributed by atoms with Crippen molar-refractivity contribution in [3.63, 3.8) is 0 Å². The predicted molar refractivity (Wildman–Crippen MR) is 103 cm³/mol. The minimum Gasteiger partial charge on any atom is -0.395 e. The number of nitrogens with one attached hydrogen (secondary N) is 2. The van der Waals surface area contributed by atoms with Gasteiger partial charge in [0.05, 0.1) is 17.3 Å². The van der Waals surface area contributed by atoms with Crippen LogP contribution in [-0.2, 0) is 0 Å². The maximum atomic E-state index is 8.84. The summed E-state index contributed by atoms with van der Waals surface area (Å²) in [6, 6.07) is 5.65. The first-order valence-corrected chi connectivity index (χ1v) is 8.87. The molecular weight excluding hydrogens is 392 g/mol. The third kappa shape index (κ3) is 3.95. The number of anilines is 1. The fourth-order valence-electron chi connectivity index (χ4n) is 2.63. The molecule has 3 N–H and O–H groups in total. The minimum atomic E-state index is -0.0772. The molecule has 1 aromatic rings. The molecule has 0 fully saturated rings. The van der Waals surface area contributed by atoms with E-state index >= 15 is 0 Å². The smallest absolute Gasteiger partial charge is 0.132 e. The third-order valence-electron chi connectivity index (χ3n) is 3.81. The number of fused-ring (bicyclic) bond motifs is 1. The van der Waals surface area contributed by atoms with Gasteiger partial charge in [-0.15, -0.1) is 0 Å². The number of benzene rings is 1. The van der Waals surface area contributed by atoms with E-state index in [0.717, 1.165) is 21.6 Å². The number of aliphatic hydroxyl groups excluding tert-OH is 1. The fraction of sp³-hybridized carbons (Fsp3) is 0.294. The molecule has 0 aliphatic carbocycles. The van der Waals surface area contributed by atoms with Gasteiger partial charge < -0.3 is 15.7 Å². The standard InChI is InChI=1S/C17H18BrClN4O/c18-13-2-1-3-14(15(13)19)23-17-16-12(4-5-21-17)8-11(10-22-16)9-20-6-7-24/h1-5,8,10,12,16,20,24H,6-7,9H2,(H,21,23). The number of aliphatic imine (C=N–C) groups is 2. The van der Waals surface area contributed by atoms with E-state index < -0.39 is 0 Å². The van der Waals surface area contributed by atoms with Crippen LogP contribution in [0.3, 0.4) is 0 Å². The van der Waals surface area contributed by atoms with Gasteiger partial charge in [-0.05, 0) is 33.6 Å². The van der Waals surface area contributed by atoms with E-state index in [0.29, 0.717) is 18.1 Å². The van der Waals surface area contributed by atoms with Crippen molar-refractivity contribution in [3.05, 3.63) is 51.6 Å². The quantitative estimate of drug-likeness (QED) is 0.655. The number of hydrogen-bond donors (Lipinski definition) is 3. The molecule has 2 atom stereocenters. The van der Waals surface area contributed by atoms with Crippen molar-refractivity contribution in [1.29, 1.82) is 0 Å². The average Bonchev–Trinajstić information content (AvgIpc) is 2.59. The van der Waals surface area contributed by atoms with Gasteiger partial charge in [0.15, 0.2) is 0 Å². The molecule has 0 amide bonds. The maximum Gasteiger partial charge on any atom is 0.132 e. The maximum absolute atomic E-state index is 8.84. The highest BCUT2D eigenvalue weighted by molar-refractivity contribution is 9.10. The van der Waals surface area contributed by atoms with Gasteiger partial charge in [-0.3, -0.25) is 4.99 Å². The molecule has 2 aliphatic heterocycles. The lowest BCUT2D eigenvalue weighted by Gasteiger charge is -2.27. The molecule has 0 radical (unpaired) electrons. The molecule has 2 aliphatic rings. The molecule has 2 heterocycles. The molecule has 0 saturated heterocycles. The predicted octanol–water partition coefficient (Wildman–Crippen LogP) is 3.02. The largest absolute Gasteiger partial charge is 0.395 e. The molecular formula is C17H18BrClN4O. The number of aliphatic hydroxyl groups is 1. The van der Waals surface area contributed by atoms with Crippen molar-refractivity contribution in [2.75, 3.05) is 25.0 Å². The summed E-state index contributed by atoms with van der Waals surface area (Å²) < 4.78 is 0.835. The molecule has 2 unspecified atom stereocenters. The second kappa shape index (κ2) is 8.07. The van der Waals surface area contributed by atoms with Crippen LogP contribution in [0, 0.1) is 5.92 Å². The Labute approximate surface area is 154 Å². The molecule has 3 rings (SSSR count). The zero-order valence-corrected chi connectivity index (χ0v) is 15.3. The van der Waals surface area contributed by atoms with Gasteiger partial charge in [-0.1, -0.05) is 29.8 Å². The van der Waals surface area contributed by atoms with Gasteiger partial charge in [-0.25, -0.2) is 4.99 Å². The molecule has 0 aromatic heterocycles. The van der Waals surface area contributed by atoms with Crippen LogP contribution in [0.1, 0.15) is 0 Å². The molecule has 1 aromatic carbocycles. The molecule has 126 valence electrons. The summed E-state index contributed by atoms with van der Waals surface area (Å²) in [5.41, 5.74) is 1.91. The summed E-state index contributed by atoms with van der Waals surface area (Å²) in [5, 5.41) is 15.9. The first-order valence-electron chi connectivity index (χ1n) is 7.70. The molecule has 0 spiro atoms. The average molecular weight is 410 g/mol. The topological polar surface area (TPSA) is 69.0 Å². The van der Waals surface area contributed by atoms with Gasteiger partial charge in [0.25, 0.3) is 0 Å². The summed E-state index contributed by atoms with van der Waals surface area (Å²) in [6.07, 6.45) is 7.88. The number of nitrogens with zero attached hydrogens (tertiary/aromatic N) is 2. The van der Waals surface area contributed by atoms with E-state index in [1.807, 2.05) is 30.5 Å². The Morgan fingerprint density at radius 2 is 2.21 bits per heavy atom. The van der Waals surface area contributed by atoms with E-state index in [1.54, 1.807) is 6.20 Å². The first-order chi connectivity index (χ1) is 11.7. The van der Waals surface area contributed by atoms with Gasteiger partial charge >= 0.3 is 0 Å². The second-order valence-electron chi connectivity index (χ2n) is 5.52. The lowest BCUT2D eigenvalue weighted by Crippen LogP contribution is -2.36. The Morgan fingerprint density at radius 1 is 1.33 bits per heavy atom. The molecule has 0 bridgehead atoms. The Hall–Kier alpha value is -1.47. The monoisotopic (exact) mass is 408 g/mol. The number of rotatable bonds is 5. The van der Waals surface area contributed by atoms with Gasteiger partial charge in [0.1, 0.15) is 11.9 Å². The number of halogens is 2. The summed E-state index contributed by atoms with van der Waals surface area (Å²) in [4.78, 5) is 9.09. The Kier molecular flexibility index (Phi) is 5.84. The Bertz CT molecular complexity index is 729.